The number of halogens is 3. The van der Waals surface area contributed by atoms with Crippen LogP contribution in [0.5, 0.6) is 0 Å². The summed E-state index contributed by atoms with van der Waals surface area (Å²) in [5.41, 5.74) is 1.37. The van der Waals surface area contributed by atoms with Crippen molar-refractivity contribution in [3.05, 3.63) is 30.3 Å². The van der Waals surface area contributed by atoms with Gasteiger partial charge in [-0.15, -0.1) is 0 Å². The molecule has 6 heteroatoms. The second kappa shape index (κ2) is 9.03. The molecule has 0 aromatic heterocycles. The Hall–Kier alpha value is -0.0505. The van der Waals surface area contributed by atoms with E-state index in [0.717, 1.165) is 5.69 Å². The van der Waals surface area contributed by atoms with Gasteiger partial charge in [-0.1, -0.05) is 18.2 Å². The van der Waals surface area contributed by atoms with Gasteiger partial charge < -0.3 is 0 Å². The van der Waals surface area contributed by atoms with Crippen LogP contribution >= 0.6 is 30.3 Å². The maximum absolute atomic E-state index is 10.8. The van der Waals surface area contributed by atoms with Gasteiger partial charge in [0, 0.05) is 6.92 Å². The van der Waals surface area contributed by atoms with Gasteiger partial charge in [-0.3, -0.25) is 9.79 Å². The third-order valence-electron chi connectivity index (χ3n) is 1.56. The molecule has 1 rings (SSSR count). The Morgan fingerprint density at radius 2 is 1.56 bits per heavy atom. The summed E-state index contributed by atoms with van der Waals surface area (Å²) in [7, 11) is 14.7. The van der Waals surface area contributed by atoms with E-state index in [0.29, 0.717) is 5.71 Å². The van der Waals surface area contributed by atoms with E-state index < -0.39 is 11.2 Å². The van der Waals surface area contributed by atoms with Gasteiger partial charge in [0.2, 0.25) is 0 Å². The fraction of sp³-hybridized carbons (Fsp3) is 0.200. The van der Waals surface area contributed by atoms with Gasteiger partial charge in [0.15, 0.2) is 5.78 Å². The monoisotopic (exact) mass is 322 g/mol. The molecule has 2 nitrogen and oxygen atoms in total. The molecular weight excluding hydrogens is 312 g/mol. The summed E-state index contributed by atoms with van der Waals surface area (Å²) in [6, 6.07) is 9.44. The molecule has 16 heavy (non-hydrogen) atoms. The van der Waals surface area contributed by atoms with Crippen LogP contribution < -0.4 is 0 Å². The minimum atomic E-state index is -1.33. The molecule has 1 aromatic carbocycles. The van der Waals surface area contributed by atoms with Crippen LogP contribution in [0.4, 0.5) is 5.69 Å². The summed E-state index contributed by atoms with van der Waals surface area (Å²) in [5.74, 6) is 0.0128. The number of Topliss-reactive ketones (excluding diaryl/α,β-unsaturated/α-hetero) is 1. The Labute approximate surface area is 112 Å². The summed E-state index contributed by atoms with van der Waals surface area (Å²) < 4.78 is 0. The average molecular weight is 323 g/mol. The number of ketones is 1. The standard InChI is InChI=1S/C10H11NO.3ClH.Fe/c1-8(9(2)12)11-10-6-4-3-5-7-10;;;;/h3-7H,1-2H3;3*1H;/q;;;;+3/p-3. The predicted octanol–water partition coefficient (Wildman–Crippen LogP) is 4.43. The van der Waals surface area contributed by atoms with Gasteiger partial charge in [0.05, 0.1) is 11.4 Å². The Kier molecular flexibility index (Phi) is 9.00. The fourth-order valence-corrected chi connectivity index (χ4v) is 0.775. The second-order valence-corrected chi connectivity index (χ2v) is 8.21. The van der Waals surface area contributed by atoms with E-state index in [1.54, 1.807) is 6.92 Å². The molecule has 0 atom stereocenters. The number of hydrogen-bond acceptors (Lipinski definition) is 2. The van der Waals surface area contributed by atoms with Crippen molar-refractivity contribution in [3.8, 4) is 0 Å². The number of rotatable bonds is 2. The third kappa shape index (κ3) is 9.20. The normalized spacial score (nSPS) is 11.3. The summed E-state index contributed by atoms with van der Waals surface area (Å²) >= 11 is -1.33. The molecule has 0 saturated carbocycles. The molecule has 0 fully saturated rings. The van der Waals surface area contributed by atoms with E-state index >= 15 is 0 Å². The van der Waals surface area contributed by atoms with Gasteiger partial charge in [-0.2, -0.15) is 0 Å². The topological polar surface area (TPSA) is 29.4 Å². The predicted molar refractivity (Wildman–Crippen MR) is 67.5 cm³/mol. The van der Waals surface area contributed by atoms with Gasteiger partial charge in [-0.25, -0.2) is 0 Å². The van der Waals surface area contributed by atoms with Crippen molar-refractivity contribution in [2.24, 2.45) is 4.99 Å². The van der Waals surface area contributed by atoms with Crippen molar-refractivity contribution in [2.45, 2.75) is 13.8 Å². The first-order chi connectivity index (χ1) is 7.43. The Balaban J connectivity index is 0.000000487. The number of carbonyl (C=O) groups excluding carboxylic acids is 1. The van der Waals surface area contributed by atoms with Gasteiger partial charge in [-0.05, 0) is 19.1 Å². The average Bonchev–Trinajstić information content (AvgIpc) is 2.18. The van der Waals surface area contributed by atoms with Gasteiger partial charge in [0.1, 0.15) is 0 Å². The molecule has 0 unspecified atom stereocenters. The summed E-state index contributed by atoms with van der Waals surface area (Å²) in [6.07, 6.45) is 0. The number of carbonyl (C=O) groups is 1. The Bertz CT molecular complexity index is 352. The van der Waals surface area contributed by atoms with Crippen molar-refractivity contribution in [1.29, 1.82) is 0 Å². The zero-order valence-electron chi connectivity index (χ0n) is 8.73. The van der Waals surface area contributed by atoms with Crippen LogP contribution in [0.3, 0.4) is 0 Å². The maximum atomic E-state index is 10.8. The molecule has 0 amide bonds. The number of hydrogen-bond donors (Lipinski definition) is 0. The number of nitrogens with zero attached hydrogens (tertiary/aromatic N) is 1. The second-order valence-electron chi connectivity index (χ2n) is 2.74. The molecular formula is C10H11Cl3FeNO. The van der Waals surface area contributed by atoms with E-state index in [-0.39, 0.29) is 5.78 Å². The van der Waals surface area contributed by atoms with E-state index in [9.17, 15) is 4.79 Å². The van der Waals surface area contributed by atoms with Crippen molar-refractivity contribution < 1.29 is 16.0 Å². The van der Waals surface area contributed by atoms with Crippen LogP contribution in [0.15, 0.2) is 35.3 Å². The van der Waals surface area contributed by atoms with Crippen molar-refractivity contribution in [2.75, 3.05) is 0 Å². The molecule has 0 bridgehead atoms. The quantitative estimate of drug-likeness (QED) is 0.584. The molecule has 1 aromatic rings. The minimum absolute atomic E-state index is 0.0128. The number of benzene rings is 1. The van der Waals surface area contributed by atoms with Gasteiger partial charge in [0.25, 0.3) is 0 Å². The van der Waals surface area contributed by atoms with Crippen molar-refractivity contribution in [1.82, 2.24) is 0 Å². The zero-order chi connectivity index (χ0) is 12.6. The first-order valence-corrected chi connectivity index (χ1v) is 8.77. The first kappa shape index (κ1) is 15.9. The molecule has 0 aliphatic carbocycles. The number of para-hydroxylation sites is 1. The van der Waals surface area contributed by atoms with Crippen LogP contribution in [0, 0.1) is 0 Å². The number of aliphatic imine (C=N–C) groups is 1. The van der Waals surface area contributed by atoms with Crippen molar-refractivity contribution in [3.63, 3.8) is 0 Å². The molecule has 91 valence electrons. The van der Waals surface area contributed by atoms with Crippen LogP contribution in [0.25, 0.3) is 0 Å². The Morgan fingerprint density at radius 1 is 1.12 bits per heavy atom. The van der Waals surface area contributed by atoms with Crippen LogP contribution in [0.1, 0.15) is 13.8 Å². The van der Waals surface area contributed by atoms with Crippen LogP contribution in [-0.2, 0) is 16.0 Å². The molecule has 0 N–H and O–H groups in total. The van der Waals surface area contributed by atoms with Crippen LogP contribution in [0.2, 0.25) is 0 Å². The molecule has 0 spiro atoms. The van der Waals surface area contributed by atoms with E-state index in [2.05, 4.69) is 4.99 Å². The van der Waals surface area contributed by atoms with E-state index in [1.165, 1.54) is 6.92 Å². The molecule has 0 aliphatic rings. The summed E-state index contributed by atoms with van der Waals surface area (Å²) in [5, 5.41) is 0. The molecule has 0 saturated heterocycles. The van der Waals surface area contributed by atoms with Gasteiger partial charge >= 0.3 is 41.5 Å². The van der Waals surface area contributed by atoms with Crippen LogP contribution in [-0.4, -0.2) is 11.5 Å². The van der Waals surface area contributed by atoms with E-state index in [4.69, 9.17) is 30.3 Å². The molecule has 0 aliphatic heterocycles. The molecule has 0 radical (unpaired) electrons. The molecule has 0 heterocycles. The van der Waals surface area contributed by atoms with Crippen molar-refractivity contribution >= 4 is 47.5 Å². The first-order valence-electron chi connectivity index (χ1n) is 4.21. The zero-order valence-corrected chi connectivity index (χ0v) is 12.1. The fourth-order valence-electron chi connectivity index (χ4n) is 0.775. The Morgan fingerprint density at radius 3 is 1.94 bits per heavy atom. The third-order valence-corrected chi connectivity index (χ3v) is 1.56. The van der Waals surface area contributed by atoms with E-state index in [1.807, 2.05) is 30.3 Å². The summed E-state index contributed by atoms with van der Waals surface area (Å²) in [4.78, 5) is 14.9. The summed E-state index contributed by atoms with van der Waals surface area (Å²) in [6.45, 7) is 3.23. The SMILES string of the molecule is CC(=O)C(C)=Nc1ccccc1.[Cl][Fe]([Cl])[Cl].